The van der Waals surface area contributed by atoms with Crippen molar-refractivity contribution in [3.05, 3.63) is 11.8 Å². The van der Waals surface area contributed by atoms with Crippen molar-refractivity contribution in [1.82, 2.24) is 26.2 Å². The van der Waals surface area contributed by atoms with Crippen LogP contribution >= 0.6 is 0 Å². The zero-order valence-corrected chi connectivity index (χ0v) is 28.8. The summed E-state index contributed by atoms with van der Waals surface area (Å²) in [4.78, 5) is 64.8. The maximum Gasteiger partial charge on any atom is 0.246 e. The molecule has 2 aliphatic heterocycles. The van der Waals surface area contributed by atoms with Gasteiger partial charge in [-0.05, 0) is 102 Å². The highest BCUT2D eigenvalue weighted by atomic mass is 16.2. The van der Waals surface area contributed by atoms with Gasteiger partial charge in [0.05, 0.1) is 6.04 Å². The first kappa shape index (κ1) is 35.4. The Kier molecular flexibility index (Phi) is 12.4. The van der Waals surface area contributed by atoms with Crippen LogP contribution in [0.15, 0.2) is 11.8 Å². The van der Waals surface area contributed by atoms with Gasteiger partial charge in [0.2, 0.25) is 24.1 Å². The second-order valence-electron chi connectivity index (χ2n) is 15.3. The third kappa shape index (κ3) is 8.77. The van der Waals surface area contributed by atoms with E-state index in [0.29, 0.717) is 30.8 Å². The van der Waals surface area contributed by atoms with Crippen LogP contribution in [-0.2, 0) is 24.0 Å². The third-order valence-corrected chi connectivity index (χ3v) is 12.1. The van der Waals surface area contributed by atoms with E-state index in [1.165, 1.54) is 57.6 Å². The predicted octanol–water partition coefficient (Wildman–Crippen LogP) is 4.28. The third-order valence-electron chi connectivity index (χ3n) is 12.1. The summed E-state index contributed by atoms with van der Waals surface area (Å²) >= 11 is 0. The summed E-state index contributed by atoms with van der Waals surface area (Å²) in [6.45, 7) is 5.03. The molecule has 2 saturated heterocycles. The van der Waals surface area contributed by atoms with Gasteiger partial charge in [0.1, 0.15) is 12.1 Å². The van der Waals surface area contributed by atoms with E-state index in [9.17, 15) is 24.0 Å². The molecule has 4 atom stereocenters. The number of ketones is 1. The van der Waals surface area contributed by atoms with E-state index in [-0.39, 0.29) is 41.3 Å². The fraction of sp³-hybridized carbons (Fsp3) is 0.811. The van der Waals surface area contributed by atoms with E-state index >= 15 is 0 Å². The maximum absolute atomic E-state index is 14.0. The number of rotatable bonds is 12. The van der Waals surface area contributed by atoms with Crippen molar-refractivity contribution in [3.63, 3.8) is 0 Å². The molecular weight excluding hydrogens is 594 g/mol. The number of carbonyl (C=O) groups is 5. The smallest absolute Gasteiger partial charge is 0.246 e. The minimum atomic E-state index is -0.588. The number of carbonyl (C=O) groups excluding carboxylic acids is 5. The summed E-state index contributed by atoms with van der Waals surface area (Å²) in [6, 6.07) is -1.22. The Morgan fingerprint density at radius 3 is 2.23 bits per heavy atom. The Morgan fingerprint density at radius 1 is 0.915 bits per heavy atom. The maximum atomic E-state index is 14.0. The minimum Gasteiger partial charge on any atom is -0.388 e. The number of nitrogens with one attached hydrogen (secondary N) is 4. The molecule has 1 spiro atoms. The van der Waals surface area contributed by atoms with Gasteiger partial charge in [0.15, 0.2) is 5.78 Å². The Bertz CT molecular complexity index is 1150. The fourth-order valence-corrected chi connectivity index (χ4v) is 9.14. The van der Waals surface area contributed by atoms with Crippen molar-refractivity contribution in [3.8, 4) is 0 Å². The van der Waals surface area contributed by atoms with Crippen molar-refractivity contribution in [2.24, 2.45) is 23.2 Å². The van der Waals surface area contributed by atoms with Crippen LogP contribution in [0, 0.1) is 23.2 Å². The molecule has 47 heavy (non-hydrogen) atoms. The van der Waals surface area contributed by atoms with Crippen LogP contribution in [0.4, 0.5) is 0 Å². The average molecular weight is 654 g/mol. The zero-order chi connectivity index (χ0) is 33.4. The Balaban J connectivity index is 0.000000474. The van der Waals surface area contributed by atoms with Crippen LogP contribution < -0.4 is 21.3 Å². The van der Waals surface area contributed by atoms with Gasteiger partial charge in [-0.25, -0.2) is 0 Å². The Hall–Kier alpha value is -2.91. The van der Waals surface area contributed by atoms with Crippen molar-refractivity contribution in [1.29, 1.82) is 0 Å². The van der Waals surface area contributed by atoms with Gasteiger partial charge in [-0.2, -0.15) is 0 Å². The van der Waals surface area contributed by atoms with Gasteiger partial charge in [-0.1, -0.05) is 45.1 Å². The van der Waals surface area contributed by atoms with Crippen molar-refractivity contribution < 1.29 is 24.0 Å². The molecule has 6 fully saturated rings. The lowest BCUT2D eigenvalue weighted by Crippen LogP contribution is -2.58. The summed E-state index contributed by atoms with van der Waals surface area (Å²) < 4.78 is 0. The van der Waals surface area contributed by atoms with Gasteiger partial charge < -0.3 is 26.2 Å². The largest absolute Gasteiger partial charge is 0.388 e. The molecule has 262 valence electrons. The molecule has 10 heteroatoms. The molecule has 2 heterocycles. The van der Waals surface area contributed by atoms with Crippen LogP contribution in [0.25, 0.3) is 0 Å². The molecule has 6 aliphatic rings. The lowest BCUT2D eigenvalue weighted by atomic mass is 9.51. The number of hydrogen-bond donors (Lipinski definition) is 4. The minimum absolute atomic E-state index is 0.0210. The molecule has 0 aromatic heterocycles. The van der Waals surface area contributed by atoms with Gasteiger partial charge in [-0.15, -0.1) is 0 Å². The van der Waals surface area contributed by atoms with E-state index in [4.69, 9.17) is 0 Å². The molecule has 4 N–H and O–H groups in total. The molecule has 0 bridgehead atoms. The second-order valence-corrected chi connectivity index (χ2v) is 15.3. The highest BCUT2D eigenvalue weighted by molar-refractivity contribution is 5.95. The molecule has 4 saturated carbocycles. The number of allylic oxidation sites excluding steroid dienone is 2. The molecule has 10 nitrogen and oxygen atoms in total. The summed E-state index contributed by atoms with van der Waals surface area (Å²) in [5.41, 5.74) is 1.57. The van der Waals surface area contributed by atoms with Crippen LogP contribution in [0.5, 0.6) is 0 Å². The monoisotopic (exact) mass is 653 g/mol. The summed E-state index contributed by atoms with van der Waals surface area (Å²) in [5.74, 6) is -0.0000685. The molecular formula is C37H59N5O5. The zero-order valence-electron chi connectivity index (χ0n) is 28.8. The first-order chi connectivity index (χ1) is 22.7. The highest BCUT2D eigenvalue weighted by Gasteiger charge is 2.51. The Morgan fingerprint density at radius 2 is 1.62 bits per heavy atom. The van der Waals surface area contributed by atoms with Crippen molar-refractivity contribution >= 4 is 29.9 Å². The van der Waals surface area contributed by atoms with Gasteiger partial charge in [0, 0.05) is 36.7 Å². The van der Waals surface area contributed by atoms with Crippen molar-refractivity contribution in [2.75, 3.05) is 13.1 Å². The van der Waals surface area contributed by atoms with Gasteiger partial charge >= 0.3 is 0 Å². The van der Waals surface area contributed by atoms with Gasteiger partial charge in [-0.3, -0.25) is 24.0 Å². The van der Waals surface area contributed by atoms with Gasteiger partial charge in [0.25, 0.3) is 0 Å². The lowest BCUT2D eigenvalue weighted by molar-refractivity contribution is -0.146. The van der Waals surface area contributed by atoms with E-state index in [1.807, 2.05) is 0 Å². The molecule has 4 aliphatic carbocycles. The highest BCUT2D eigenvalue weighted by Crippen LogP contribution is 2.58. The number of likely N-dealkylation sites (tertiary alicyclic amines) is 1. The molecule has 0 aromatic carbocycles. The molecule has 4 amide bonds. The fourth-order valence-electron chi connectivity index (χ4n) is 9.14. The van der Waals surface area contributed by atoms with Crippen molar-refractivity contribution in [2.45, 2.75) is 154 Å². The molecule has 4 unspecified atom stereocenters. The predicted molar refractivity (Wildman–Crippen MR) is 181 cm³/mol. The van der Waals surface area contributed by atoms with Crippen LogP contribution in [-0.4, -0.2) is 72.1 Å². The van der Waals surface area contributed by atoms with Crippen LogP contribution in [0.3, 0.4) is 0 Å². The lowest BCUT2D eigenvalue weighted by Gasteiger charge is -2.53. The van der Waals surface area contributed by atoms with E-state index < -0.39 is 18.1 Å². The molecule has 6 rings (SSSR count). The number of hydrogen-bond acceptors (Lipinski definition) is 6. The topological polar surface area (TPSA) is 137 Å². The first-order valence-electron chi connectivity index (χ1n) is 18.8. The standard InChI is InChI=1S/C31H48N4O4.C6H11NO/c1-3-8-24-22(12-15-32-24)17-25(20(2)36)33-29(38)26-11-6-16-35(26)30(39)27(21-9-4-5-10-21)34-28(37)23-18-31(19-23)13-7-14-31;8-5-7-6-3-1-2-4-6/h8,21-23,25-27,32H,3-7,9-19H2,1-2H3,(H,33,38)(H,34,37);5-6H,1-4H2,(H,7,8)/b24-8-;. The summed E-state index contributed by atoms with van der Waals surface area (Å²) in [7, 11) is 0. The SMILES string of the molecule is CC/C=C1\NCCC1CC(NC(=O)C1CCCN1C(=O)C(NC(=O)C1CC2(CCC2)C1)C1CCCC1)C(C)=O.O=CNC1CCCC1. The summed E-state index contributed by atoms with van der Waals surface area (Å²) in [5, 5.41) is 12.4. The molecule has 0 aromatic rings. The van der Waals surface area contributed by atoms with Crippen LogP contribution in [0.2, 0.25) is 0 Å². The number of nitrogens with zero attached hydrogens (tertiary/aromatic N) is 1. The van der Waals surface area contributed by atoms with E-state index in [0.717, 1.165) is 70.7 Å². The quantitative estimate of drug-likeness (QED) is 0.232. The number of amides is 4. The molecule has 0 radical (unpaired) electrons. The second kappa shape index (κ2) is 16.5. The average Bonchev–Trinajstić information content (AvgIpc) is 3.83. The first-order valence-corrected chi connectivity index (χ1v) is 18.8. The van der Waals surface area contributed by atoms with Crippen LogP contribution in [0.1, 0.15) is 129 Å². The normalized spacial score (nSPS) is 27.6. The summed E-state index contributed by atoms with van der Waals surface area (Å²) in [6.07, 6.45) is 21.4. The Labute approximate surface area is 281 Å². The number of Topliss-reactive ketones (excluding diaryl/α,β-unsaturated/α-hetero) is 1. The van der Waals surface area contributed by atoms with E-state index in [1.54, 1.807) is 4.90 Å². The van der Waals surface area contributed by atoms with E-state index in [2.05, 4.69) is 34.3 Å².